The number of ether oxygens (including phenoxy) is 2. The monoisotopic (exact) mass is 510 g/mol. The molecule has 0 aliphatic carbocycles. The Balaban J connectivity index is 1.46. The number of carbonyl (C=O) groups is 2. The smallest absolute Gasteiger partial charge is 0.250 e. The summed E-state index contributed by atoms with van der Waals surface area (Å²) in [4.78, 5) is 27.7. The van der Waals surface area contributed by atoms with Crippen LogP contribution in [0.4, 0.5) is 14.0 Å². The fraction of sp³-hybridized carbons (Fsp3) is 0.350. The van der Waals surface area contributed by atoms with Crippen LogP contribution >= 0.6 is 12.1 Å². The first-order valence-corrected chi connectivity index (χ1v) is 11.3. The molecule has 3 rings (SSSR count). The van der Waals surface area contributed by atoms with E-state index in [0.29, 0.717) is 41.0 Å². The number of aromatic nitrogens is 1. The van der Waals surface area contributed by atoms with Crippen LogP contribution in [0.5, 0.6) is 0 Å². The van der Waals surface area contributed by atoms with E-state index in [0.717, 1.165) is 0 Å². The van der Waals surface area contributed by atoms with Crippen molar-refractivity contribution in [2.75, 3.05) is 50.7 Å². The van der Waals surface area contributed by atoms with Gasteiger partial charge in [0.05, 0.1) is 37.3 Å². The van der Waals surface area contributed by atoms with Crippen LogP contribution in [0.25, 0.3) is 0 Å². The standard InChI is InChI=1S/C20H24F2N8O4S/c21-5-6-33-11-17(31)25-13-1-3-15(23-9-13)19-27-29-20(30-28-19)16-4-2-14(10-24-16)26-18(32)12-34-7-8-35-22/h1-4,9,24H,5-8,10-12H2,(H,25,31)(H,26,32)(H,27,28)(H,29,30). The molecule has 0 unspecified atom stereocenters. The zero-order chi connectivity index (χ0) is 24.9. The summed E-state index contributed by atoms with van der Waals surface area (Å²) in [5.41, 5.74) is 7.86. The summed E-state index contributed by atoms with van der Waals surface area (Å²) in [6, 6.07) is 3.28. The van der Waals surface area contributed by atoms with Gasteiger partial charge in [-0.3, -0.25) is 25.4 Å². The predicted molar refractivity (Wildman–Crippen MR) is 127 cm³/mol. The summed E-state index contributed by atoms with van der Waals surface area (Å²) in [7, 11) is 0. The number of anilines is 1. The Morgan fingerprint density at radius 2 is 1.77 bits per heavy atom. The van der Waals surface area contributed by atoms with E-state index >= 15 is 0 Å². The quantitative estimate of drug-likeness (QED) is 0.236. The van der Waals surface area contributed by atoms with Gasteiger partial charge in [-0.1, -0.05) is 0 Å². The Labute approximate surface area is 204 Å². The van der Waals surface area contributed by atoms with Gasteiger partial charge in [0.25, 0.3) is 0 Å². The minimum atomic E-state index is -0.653. The molecule has 188 valence electrons. The molecule has 0 aromatic carbocycles. The summed E-state index contributed by atoms with van der Waals surface area (Å²) in [6.07, 6.45) is 4.89. The first-order valence-electron chi connectivity index (χ1n) is 10.4. The molecular formula is C20H24F2N8O4S. The van der Waals surface area contributed by atoms with Crippen LogP contribution in [-0.2, 0) is 19.1 Å². The lowest BCUT2D eigenvalue weighted by Gasteiger charge is -2.21. The number of carbonyl (C=O) groups excluding carboxylic acids is 2. The largest absolute Gasteiger partial charge is 0.376 e. The van der Waals surface area contributed by atoms with Crippen LogP contribution < -0.4 is 26.8 Å². The van der Waals surface area contributed by atoms with E-state index in [9.17, 15) is 17.9 Å². The number of hydrogen-bond donors (Lipinski definition) is 5. The van der Waals surface area contributed by atoms with Crippen molar-refractivity contribution in [3.8, 4) is 0 Å². The van der Waals surface area contributed by atoms with Crippen LogP contribution in [0.15, 0.2) is 52.1 Å². The van der Waals surface area contributed by atoms with Crippen molar-refractivity contribution in [1.82, 2.24) is 26.5 Å². The van der Waals surface area contributed by atoms with Gasteiger partial charge < -0.3 is 25.4 Å². The number of nitrogens with zero attached hydrogens (tertiary/aromatic N) is 3. The first kappa shape index (κ1) is 26.1. The van der Waals surface area contributed by atoms with Gasteiger partial charge in [-0.15, -0.1) is 0 Å². The lowest BCUT2D eigenvalue weighted by molar-refractivity contribution is -0.124. The van der Waals surface area contributed by atoms with Gasteiger partial charge in [-0.2, -0.15) is 14.1 Å². The number of allylic oxidation sites excluding steroid dienone is 2. The number of pyridine rings is 1. The van der Waals surface area contributed by atoms with E-state index in [1.165, 1.54) is 6.20 Å². The molecule has 1 aromatic rings. The lowest BCUT2D eigenvalue weighted by atomic mass is 10.2. The highest BCUT2D eigenvalue weighted by Crippen LogP contribution is 2.09. The molecule has 0 saturated heterocycles. The maximum Gasteiger partial charge on any atom is 0.250 e. The number of hydrazone groups is 2. The SMILES string of the molecule is O=C(COCCSF)NC1=CC=C(C2=NNC(c3ccc(NC(=O)COCCF)cn3)=NN2)NC1. The van der Waals surface area contributed by atoms with Gasteiger partial charge in [0.2, 0.25) is 11.8 Å². The normalized spacial score (nSPS) is 14.8. The molecule has 0 bridgehead atoms. The van der Waals surface area contributed by atoms with E-state index in [4.69, 9.17) is 9.47 Å². The van der Waals surface area contributed by atoms with Crippen molar-refractivity contribution in [2.45, 2.75) is 0 Å². The first-order chi connectivity index (χ1) is 17.1. The fourth-order valence-electron chi connectivity index (χ4n) is 2.74. The Kier molecular flexibility index (Phi) is 10.4. The number of amidine groups is 2. The number of rotatable bonds is 13. The Morgan fingerprint density at radius 1 is 1.03 bits per heavy atom. The number of amides is 2. The molecule has 0 fully saturated rings. The van der Waals surface area contributed by atoms with Gasteiger partial charge in [0.15, 0.2) is 11.7 Å². The van der Waals surface area contributed by atoms with E-state index in [-0.39, 0.29) is 50.2 Å². The maximum absolute atomic E-state index is 12.0. The summed E-state index contributed by atoms with van der Waals surface area (Å²) < 4.78 is 33.8. The molecule has 2 amide bonds. The predicted octanol–water partition coefficient (Wildman–Crippen LogP) is 0.296. The highest BCUT2D eigenvalue weighted by Gasteiger charge is 2.17. The molecule has 3 heterocycles. The van der Waals surface area contributed by atoms with Gasteiger partial charge in [-0.25, -0.2) is 4.39 Å². The van der Waals surface area contributed by atoms with Crippen LogP contribution in [-0.4, -0.2) is 73.9 Å². The summed E-state index contributed by atoms with van der Waals surface area (Å²) >= 11 is 0.159. The third-order valence-corrected chi connectivity index (χ3v) is 4.63. The molecule has 0 spiro atoms. The molecule has 5 N–H and O–H groups in total. The van der Waals surface area contributed by atoms with Crippen LogP contribution in [0.3, 0.4) is 0 Å². The highest BCUT2D eigenvalue weighted by atomic mass is 32.2. The Bertz CT molecular complexity index is 1020. The molecular weight excluding hydrogens is 486 g/mol. The topological polar surface area (TPSA) is 150 Å². The molecule has 2 aliphatic heterocycles. The molecule has 15 heteroatoms. The van der Waals surface area contributed by atoms with Gasteiger partial charge in [-0.05, 0) is 24.3 Å². The van der Waals surface area contributed by atoms with Crippen molar-refractivity contribution in [1.29, 1.82) is 0 Å². The van der Waals surface area contributed by atoms with Gasteiger partial charge in [0.1, 0.15) is 25.6 Å². The summed E-state index contributed by atoms with van der Waals surface area (Å²) in [5, 5.41) is 16.9. The maximum atomic E-state index is 12.0. The third kappa shape index (κ3) is 8.62. The third-order valence-electron chi connectivity index (χ3n) is 4.31. The van der Waals surface area contributed by atoms with E-state index < -0.39 is 12.6 Å². The number of nitrogens with one attached hydrogen (secondary N) is 5. The molecule has 0 radical (unpaired) electrons. The zero-order valence-corrected chi connectivity index (χ0v) is 19.3. The summed E-state index contributed by atoms with van der Waals surface area (Å²) in [5.74, 6) is 0.230. The van der Waals surface area contributed by atoms with Gasteiger partial charge in [0, 0.05) is 23.6 Å². The average molecular weight is 511 g/mol. The number of alkyl halides is 1. The molecule has 35 heavy (non-hydrogen) atoms. The van der Waals surface area contributed by atoms with Crippen molar-refractivity contribution in [3.63, 3.8) is 0 Å². The molecule has 0 saturated carbocycles. The summed E-state index contributed by atoms with van der Waals surface area (Å²) in [6.45, 7) is -0.678. The fourth-order valence-corrected chi connectivity index (χ4v) is 2.92. The minimum absolute atomic E-state index is 0.135. The highest BCUT2D eigenvalue weighted by molar-refractivity contribution is 7.94. The average Bonchev–Trinajstić information content (AvgIpc) is 2.88. The second-order valence-electron chi connectivity index (χ2n) is 6.91. The van der Waals surface area contributed by atoms with E-state index in [2.05, 4.69) is 42.0 Å². The molecule has 2 aliphatic rings. The van der Waals surface area contributed by atoms with Crippen molar-refractivity contribution < 1.29 is 27.3 Å². The van der Waals surface area contributed by atoms with Crippen LogP contribution in [0, 0.1) is 0 Å². The zero-order valence-electron chi connectivity index (χ0n) is 18.5. The second kappa shape index (κ2) is 14.0. The van der Waals surface area contributed by atoms with Gasteiger partial charge >= 0.3 is 0 Å². The second-order valence-corrected chi connectivity index (χ2v) is 7.53. The molecule has 1 aromatic heterocycles. The molecule has 0 atom stereocenters. The van der Waals surface area contributed by atoms with E-state index in [1.54, 1.807) is 24.3 Å². The number of halogens is 2. The Hall–Kier alpha value is -3.56. The number of hydrogen-bond acceptors (Lipinski definition) is 11. The van der Waals surface area contributed by atoms with Crippen molar-refractivity contribution in [3.05, 3.63) is 47.6 Å². The molecule has 12 nitrogen and oxygen atoms in total. The Morgan fingerprint density at radius 3 is 2.40 bits per heavy atom. The van der Waals surface area contributed by atoms with Crippen molar-refractivity contribution >= 4 is 41.3 Å². The minimum Gasteiger partial charge on any atom is -0.376 e. The van der Waals surface area contributed by atoms with Crippen LogP contribution in [0.2, 0.25) is 0 Å². The van der Waals surface area contributed by atoms with Crippen molar-refractivity contribution in [2.24, 2.45) is 10.2 Å². The lowest BCUT2D eigenvalue weighted by Crippen LogP contribution is -2.41. The number of dihydropyridines is 1. The van der Waals surface area contributed by atoms with E-state index in [1.807, 2.05) is 0 Å². The van der Waals surface area contributed by atoms with Crippen LogP contribution in [0.1, 0.15) is 5.69 Å².